The highest BCUT2D eigenvalue weighted by atomic mass is 32.1. The number of ether oxygens (including phenoxy) is 1. The fraction of sp³-hybridized carbons (Fsp3) is 0.692. The van der Waals surface area contributed by atoms with Gasteiger partial charge in [-0.2, -0.15) is 0 Å². The van der Waals surface area contributed by atoms with Gasteiger partial charge in [-0.25, -0.2) is 0 Å². The number of thiophene rings is 1. The predicted molar refractivity (Wildman–Crippen MR) is 136 cm³/mol. The van der Waals surface area contributed by atoms with E-state index in [0.29, 0.717) is 18.8 Å². The molecular formula is C26H38N4O3S. The molecule has 0 unspecified atom stereocenters. The largest absolute Gasteiger partial charge is 0.379 e. The summed E-state index contributed by atoms with van der Waals surface area (Å²) in [4.78, 5) is 33.3. The van der Waals surface area contributed by atoms with Crippen LogP contribution in [-0.4, -0.2) is 77.2 Å². The van der Waals surface area contributed by atoms with Gasteiger partial charge in [-0.1, -0.05) is 32.6 Å². The molecule has 0 spiro atoms. The molecule has 2 aromatic rings. The van der Waals surface area contributed by atoms with Gasteiger partial charge in [-0.15, -0.1) is 11.3 Å². The number of carbonyl (C=O) groups excluding carboxylic acids is 2. The van der Waals surface area contributed by atoms with Crippen molar-refractivity contribution in [2.45, 2.75) is 76.9 Å². The molecule has 7 nitrogen and oxygen atoms in total. The summed E-state index contributed by atoms with van der Waals surface area (Å²) in [5.74, 6) is -0.0346. The SMILES string of the molecule is CCc1cc2c(cc3n2C[C@@](C)(C(=O)NC2CCCCCC2)N(CCN2CCOCC2)C3=O)s1. The van der Waals surface area contributed by atoms with Crippen LogP contribution in [0.1, 0.15) is 67.7 Å². The second-order valence-corrected chi connectivity index (χ2v) is 11.4. The summed E-state index contributed by atoms with van der Waals surface area (Å²) in [6.07, 6.45) is 7.87. The van der Waals surface area contributed by atoms with E-state index in [9.17, 15) is 9.59 Å². The topological polar surface area (TPSA) is 66.8 Å². The Balaban J connectivity index is 1.44. The lowest BCUT2D eigenvalue weighted by Gasteiger charge is -2.45. The van der Waals surface area contributed by atoms with Gasteiger partial charge in [-0.3, -0.25) is 14.5 Å². The smallest absolute Gasteiger partial charge is 0.271 e. The van der Waals surface area contributed by atoms with Gasteiger partial charge in [0.25, 0.3) is 5.91 Å². The molecule has 2 aliphatic heterocycles. The third kappa shape index (κ3) is 4.52. The maximum absolute atomic E-state index is 13.9. The van der Waals surface area contributed by atoms with Gasteiger partial charge in [0, 0.05) is 37.1 Å². The molecule has 1 saturated heterocycles. The van der Waals surface area contributed by atoms with Crippen LogP contribution in [0.15, 0.2) is 12.1 Å². The van der Waals surface area contributed by atoms with Crippen molar-refractivity contribution >= 4 is 33.4 Å². The van der Waals surface area contributed by atoms with E-state index in [2.05, 4.69) is 27.8 Å². The second-order valence-electron chi connectivity index (χ2n) is 10.3. The van der Waals surface area contributed by atoms with Crippen LogP contribution in [0.5, 0.6) is 0 Å². The predicted octanol–water partition coefficient (Wildman–Crippen LogP) is 3.65. The molecule has 186 valence electrons. The average molecular weight is 487 g/mol. The number of carbonyl (C=O) groups is 2. The number of nitrogens with one attached hydrogen (secondary N) is 1. The first kappa shape index (κ1) is 23.8. The minimum Gasteiger partial charge on any atom is -0.379 e. The van der Waals surface area contributed by atoms with Crippen LogP contribution in [-0.2, 0) is 22.5 Å². The van der Waals surface area contributed by atoms with E-state index in [1.165, 1.54) is 30.6 Å². The first-order valence-corrected chi connectivity index (χ1v) is 13.9. The maximum atomic E-state index is 13.9. The highest BCUT2D eigenvalue weighted by Gasteiger charge is 2.48. The normalized spacial score (nSPS) is 24.9. The van der Waals surface area contributed by atoms with Crippen LogP contribution in [0.25, 0.3) is 10.2 Å². The molecule has 2 amide bonds. The Kier molecular flexibility index (Phi) is 7.00. The van der Waals surface area contributed by atoms with E-state index in [1.807, 2.05) is 17.9 Å². The maximum Gasteiger partial charge on any atom is 0.271 e. The van der Waals surface area contributed by atoms with Gasteiger partial charge in [0.1, 0.15) is 11.2 Å². The third-order valence-corrected chi connectivity index (χ3v) is 9.15. The molecule has 3 aliphatic rings. The second kappa shape index (κ2) is 9.99. The Morgan fingerprint density at radius 3 is 2.59 bits per heavy atom. The first-order chi connectivity index (χ1) is 16.5. The van der Waals surface area contributed by atoms with Gasteiger partial charge in [0.15, 0.2) is 0 Å². The molecular weight excluding hydrogens is 448 g/mol. The van der Waals surface area contributed by atoms with Crippen molar-refractivity contribution in [3.8, 4) is 0 Å². The molecule has 1 aliphatic carbocycles. The highest BCUT2D eigenvalue weighted by Crippen LogP contribution is 2.36. The van der Waals surface area contributed by atoms with Crippen molar-refractivity contribution in [1.82, 2.24) is 19.7 Å². The van der Waals surface area contributed by atoms with Crippen molar-refractivity contribution in [1.29, 1.82) is 0 Å². The van der Waals surface area contributed by atoms with Crippen LogP contribution in [0, 0.1) is 0 Å². The van der Waals surface area contributed by atoms with E-state index in [0.717, 1.165) is 62.3 Å². The summed E-state index contributed by atoms with van der Waals surface area (Å²) in [5.41, 5.74) is 0.889. The Hall–Kier alpha value is -1.90. The van der Waals surface area contributed by atoms with E-state index in [1.54, 1.807) is 11.3 Å². The van der Waals surface area contributed by atoms with Crippen molar-refractivity contribution < 1.29 is 14.3 Å². The fourth-order valence-corrected chi connectivity index (χ4v) is 6.79. The standard InChI is InChI=1S/C26H38N4O3S/c1-3-20-16-21-23(34-20)17-22-24(31)30(11-10-28-12-14-33-15-13-28)26(2,18-29(21)22)25(32)27-19-8-6-4-5-7-9-19/h16-17,19H,3-15,18H2,1-2H3,(H,27,32)/t26-/m0/s1. The third-order valence-electron chi connectivity index (χ3n) is 7.94. The molecule has 8 heteroatoms. The Morgan fingerprint density at radius 1 is 1.15 bits per heavy atom. The highest BCUT2D eigenvalue weighted by molar-refractivity contribution is 7.19. The molecule has 1 atom stereocenters. The number of nitrogens with zero attached hydrogens (tertiary/aromatic N) is 3. The lowest BCUT2D eigenvalue weighted by Crippen LogP contribution is -2.65. The van der Waals surface area contributed by atoms with E-state index < -0.39 is 5.54 Å². The zero-order valence-electron chi connectivity index (χ0n) is 20.6. The summed E-state index contributed by atoms with van der Waals surface area (Å²) < 4.78 is 8.73. The zero-order chi connectivity index (χ0) is 23.7. The Bertz CT molecular complexity index is 1030. The Labute approximate surface area is 206 Å². The minimum atomic E-state index is -0.914. The van der Waals surface area contributed by atoms with Crippen molar-refractivity contribution in [2.75, 3.05) is 39.4 Å². The van der Waals surface area contributed by atoms with Gasteiger partial charge in [-0.05, 0) is 38.3 Å². The molecule has 0 bridgehead atoms. The van der Waals surface area contributed by atoms with Crippen LogP contribution >= 0.6 is 11.3 Å². The molecule has 4 heterocycles. The van der Waals surface area contributed by atoms with E-state index in [4.69, 9.17) is 4.74 Å². The van der Waals surface area contributed by atoms with Crippen LogP contribution in [0.4, 0.5) is 0 Å². The summed E-state index contributed by atoms with van der Waals surface area (Å²) in [5, 5.41) is 3.37. The van der Waals surface area contributed by atoms with Gasteiger partial charge in [0.05, 0.1) is 30.0 Å². The number of hydrogen-bond donors (Lipinski definition) is 1. The number of aromatic nitrogens is 1. The lowest BCUT2D eigenvalue weighted by atomic mass is 9.93. The number of fused-ring (bicyclic) bond motifs is 3. The number of rotatable bonds is 6. The van der Waals surface area contributed by atoms with Crippen molar-refractivity contribution in [3.05, 3.63) is 22.7 Å². The van der Waals surface area contributed by atoms with Gasteiger partial charge < -0.3 is 19.5 Å². The molecule has 2 aromatic heterocycles. The average Bonchev–Trinajstić information content (AvgIpc) is 3.28. The van der Waals surface area contributed by atoms with Crippen molar-refractivity contribution in [3.63, 3.8) is 0 Å². The number of hydrogen-bond acceptors (Lipinski definition) is 5. The van der Waals surface area contributed by atoms with Gasteiger partial charge >= 0.3 is 0 Å². The number of morpholine rings is 1. The number of amides is 2. The van der Waals surface area contributed by atoms with Crippen LogP contribution in [0.3, 0.4) is 0 Å². The summed E-state index contributed by atoms with van der Waals surface area (Å²) in [6.45, 7) is 9.14. The van der Waals surface area contributed by atoms with Crippen LogP contribution < -0.4 is 5.32 Å². The molecule has 5 rings (SSSR count). The van der Waals surface area contributed by atoms with E-state index >= 15 is 0 Å². The molecule has 2 fully saturated rings. The molecule has 1 saturated carbocycles. The molecule has 0 radical (unpaired) electrons. The van der Waals surface area contributed by atoms with Crippen LogP contribution in [0.2, 0.25) is 0 Å². The zero-order valence-corrected chi connectivity index (χ0v) is 21.4. The summed E-state index contributed by atoms with van der Waals surface area (Å²) in [7, 11) is 0. The summed E-state index contributed by atoms with van der Waals surface area (Å²) >= 11 is 1.76. The summed E-state index contributed by atoms with van der Waals surface area (Å²) in [6, 6.07) is 4.44. The van der Waals surface area contributed by atoms with Gasteiger partial charge in [0.2, 0.25) is 5.91 Å². The first-order valence-electron chi connectivity index (χ1n) is 13.0. The van der Waals surface area contributed by atoms with E-state index in [-0.39, 0.29) is 17.9 Å². The molecule has 1 N–H and O–H groups in total. The number of aryl methyl sites for hydroxylation is 1. The Morgan fingerprint density at radius 2 is 1.88 bits per heavy atom. The molecule has 0 aromatic carbocycles. The fourth-order valence-electron chi connectivity index (χ4n) is 5.74. The molecule has 34 heavy (non-hydrogen) atoms. The minimum absolute atomic E-state index is 0.00632. The lowest BCUT2D eigenvalue weighted by molar-refractivity contribution is -0.133. The van der Waals surface area contributed by atoms with Crippen molar-refractivity contribution in [2.24, 2.45) is 0 Å². The quantitative estimate of drug-likeness (QED) is 0.633. The monoisotopic (exact) mass is 486 g/mol.